The molecule has 4 heterocycles. The van der Waals surface area contributed by atoms with E-state index < -0.39 is 0 Å². The largest absolute Gasteiger partial charge is 0.374 e. The van der Waals surface area contributed by atoms with Gasteiger partial charge in [-0.05, 0) is 44.2 Å². The molecule has 0 aromatic heterocycles. The minimum Gasteiger partial charge on any atom is -0.374 e. The Labute approximate surface area is 185 Å². The summed E-state index contributed by atoms with van der Waals surface area (Å²) >= 11 is 0. The summed E-state index contributed by atoms with van der Waals surface area (Å²) in [5.41, 5.74) is 1.35. The predicted octanol–water partition coefficient (Wildman–Crippen LogP) is 3.21. The van der Waals surface area contributed by atoms with E-state index in [1.165, 1.54) is 24.9 Å². The average Bonchev–Trinajstić information content (AvgIpc) is 3.48. The van der Waals surface area contributed by atoms with Crippen LogP contribution in [-0.4, -0.2) is 62.3 Å². The fraction of sp³-hybridized carbons (Fsp3) is 0.682. The third-order valence-electron chi connectivity index (χ3n) is 6.99. The quantitative estimate of drug-likeness (QED) is 0.395. The van der Waals surface area contributed by atoms with E-state index in [2.05, 4.69) is 52.4 Å². The lowest BCUT2D eigenvalue weighted by Gasteiger charge is -2.24. The lowest BCUT2D eigenvalue weighted by atomic mass is 9.82. The minimum atomic E-state index is 0. The first-order valence-electron chi connectivity index (χ1n) is 10.8. The van der Waals surface area contributed by atoms with E-state index >= 15 is 0 Å². The van der Waals surface area contributed by atoms with Crippen molar-refractivity contribution in [2.75, 3.05) is 44.2 Å². The Bertz CT molecular complexity index is 666. The number of halogens is 1. The molecule has 0 aliphatic carbocycles. The number of nitrogens with one attached hydrogen (secondary N) is 1. The highest BCUT2D eigenvalue weighted by molar-refractivity contribution is 14.0. The molecule has 154 valence electrons. The third kappa shape index (κ3) is 3.86. The van der Waals surface area contributed by atoms with Crippen molar-refractivity contribution in [3.05, 3.63) is 30.3 Å². The number of hydrogen-bond donors (Lipinski definition) is 1. The van der Waals surface area contributed by atoms with Crippen molar-refractivity contribution in [2.45, 2.75) is 38.4 Å². The number of benzene rings is 1. The van der Waals surface area contributed by atoms with Gasteiger partial charge < -0.3 is 19.9 Å². The number of hydrogen-bond acceptors (Lipinski definition) is 3. The van der Waals surface area contributed by atoms with Crippen molar-refractivity contribution in [2.24, 2.45) is 22.7 Å². The van der Waals surface area contributed by atoms with Crippen LogP contribution in [0, 0.1) is 17.8 Å². The number of fused-ring (bicyclic) bond motifs is 5. The zero-order chi connectivity index (χ0) is 18.2. The Morgan fingerprint density at radius 3 is 2.46 bits per heavy atom. The number of anilines is 1. The second-order valence-corrected chi connectivity index (χ2v) is 8.65. The van der Waals surface area contributed by atoms with Gasteiger partial charge in [-0.25, -0.2) is 0 Å². The van der Waals surface area contributed by atoms with Gasteiger partial charge in [0.05, 0.1) is 12.2 Å². The fourth-order valence-electron chi connectivity index (χ4n) is 5.63. The first-order chi connectivity index (χ1) is 13.3. The summed E-state index contributed by atoms with van der Waals surface area (Å²) in [6.07, 6.45) is 4.81. The average molecular weight is 496 g/mol. The Morgan fingerprint density at radius 2 is 1.79 bits per heavy atom. The molecule has 4 aliphatic rings. The highest BCUT2D eigenvalue weighted by Gasteiger charge is 2.53. The molecule has 0 amide bonds. The predicted molar refractivity (Wildman–Crippen MR) is 125 cm³/mol. The number of guanidine groups is 1. The van der Waals surface area contributed by atoms with E-state index in [0.717, 1.165) is 57.1 Å². The summed E-state index contributed by atoms with van der Waals surface area (Å²) in [6.45, 7) is 8.56. The molecule has 4 aliphatic heterocycles. The molecule has 5 nitrogen and oxygen atoms in total. The van der Waals surface area contributed by atoms with Crippen molar-refractivity contribution in [3.8, 4) is 0 Å². The van der Waals surface area contributed by atoms with Gasteiger partial charge in [0.25, 0.3) is 0 Å². The second-order valence-electron chi connectivity index (χ2n) is 8.65. The molecule has 1 N–H and O–H groups in total. The maximum Gasteiger partial charge on any atom is 0.193 e. The molecule has 5 rings (SSSR count). The van der Waals surface area contributed by atoms with Gasteiger partial charge in [0.1, 0.15) is 0 Å². The van der Waals surface area contributed by atoms with Crippen LogP contribution in [0.3, 0.4) is 0 Å². The number of ether oxygens (including phenoxy) is 1. The van der Waals surface area contributed by atoms with E-state index in [0.29, 0.717) is 18.1 Å². The van der Waals surface area contributed by atoms with E-state index in [-0.39, 0.29) is 24.0 Å². The van der Waals surface area contributed by atoms with Gasteiger partial charge in [0.2, 0.25) is 0 Å². The van der Waals surface area contributed by atoms with Crippen molar-refractivity contribution in [3.63, 3.8) is 0 Å². The third-order valence-corrected chi connectivity index (χ3v) is 6.99. The van der Waals surface area contributed by atoms with Crippen LogP contribution in [0.4, 0.5) is 5.69 Å². The molecule has 1 aromatic rings. The number of rotatable bonds is 4. The normalized spacial score (nSPS) is 33.9. The van der Waals surface area contributed by atoms with E-state index in [1.54, 1.807) is 0 Å². The summed E-state index contributed by atoms with van der Waals surface area (Å²) in [5, 5.41) is 3.55. The summed E-state index contributed by atoms with van der Waals surface area (Å²) in [5.74, 6) is 3.24. The summed E-state index contributed by atoms with van der Waals surface area (Å²) in [6, 6.07) is 10.8. The Hall–Kier alpha value is -1.02. The van der Waals surface area contributed by atoms with Crippen molar-refractivity contribution in [1.29, 1.82) is 0 Å². The van der Waals surface area contributed by atoms with Gasteiger partial charge in [0.15, 0.2) is 5.96 Å². The molecule has 0 spiro atoms. The van der Waals surface area contributed by atoms with Gasteiger partial charge in [-0.1, -0.05) is 18.2 Å². The lowest BCUT2D eigenvalue weighted by Crippen LogP contribution is -2.41. The van der Waals surface area contributed by atoms with Crippen molar-refractivity contribution < 1.29 is 4.74 Å². The molecule has 2 bridgehead atoms. The maximum absolute atomic E-state index is 6.13. The van der Waals surface area contributed by atoms with Crippen molar-refractivity contribution >= 4 is 35.6 Å². The maximum atomic E-state index is 6.13. The highest BCUT2D eigenvalue weighted by atomic mass is 127. The lowest BCUT2D eigenvalue weighted by molar-refractivity contribution is 0.0767. The van der Waals surface area contributed by atoms with Crippen LogP contribution in [0.1, 0.15) is 26.2 Å². The van der Waals surface area contributed by atoms with Crippen LogP contribution >= 0.6 is 24.0 Å². The van der Waals surface area contributed by atoms with Crippen LogP contribution in [0.25, 0.3) is 0 Å². The highest BCUT2D eigenvalue weighted by Crippen LogP contribution is 2.47. The van der Waals surface area contributed by atoms with Crippen LogP contribution in [0.15, 0.2) is 35.3 Å². The minimum absolute atomic E-state index is 0. The van der Waals surface area contributed by atoms with Crippen molar-refractivity contribution in [1.82, 2.24) is 10.2 Å². The Morgan fingerprint density at radius 1 is 1.07 bits per heavy atom. The first kappa shape index (κ1) is 20.3. The molecule has 1 aromatic carbocycles. The zero-order valence-corrected chi connectivity index (χ0v) is 19.1. The SMILES string of the molecule is CCNC(=NCC1CCN(c2ccccc2)C1)N1CC2C3CCC(O3)C2C1.I. The summed E-state index contributed by atoms with van der Waals surface area (Å²) < 4.78 is 6.13. The molecule has 28 heavy (non-hydrogen) atoms. The summed E-state index contributed by atoms with van der Waals surface area (Å²) in [7, 11) is 0. The number of para-hydroxylation sites is 1. The van der Waals surface area contributed by atoms with Gasteiger partial charge in [-0.3, -0.25) is 4.99 Å². The molecule has 4 saturated heterocycles. The number of aliphatic imine (C=N–C) groups is 1. The van der Waals surface area contributed by atoms with E-state index in [1.807, 2.05) is 0 Å². The van der Waals surface area contributed by atoms with Crippen LogP contribution < -0.4 is 10.2 Å². The molecular weight excluding hydrogens is 463 g/mol. The monoisotopic (exact) mass is 496 g/mol. The Balaban J connectivity index is 0.00000192. The number of likely N-dealkylation sites (tertiary alicyclic amines) is 1. The molecular formula is C22H33IN4O. The van der Waals surface area contributed by atoms with Crippen LogP contribution in [0.5, 0.6) is 0 Å². The molecule has 4 fully saturated rings. The van der Waals surface area contributed by atoms with E-state index in [9.17, 15) is 0 Å². The standard InChI is InChI=1S/C22H32N4O.HI/c1-2-23-22(26-14-18-19(15-26)21-9-8-20(18)27-21)24-12-16-10-11-25(13-16)17-6-4-3-5-7-17;/h3-7,16,18-21H,2,8-15H2,1H3,(H,23,24);1H. The topological polar surface area (TPSA) is 40.1 Å². The number of nitrogens with zero attached hydrogens (tertiary/aromatic N) is 3. The van der Waals surface area contributed by atoms with E-state index in [4.69, 9.17) is 9.73 Å². The van der Waals surface area contributed by atoms with Gasteiger partial charge >= 0.3 is 0 Å². The zero-order valence-electron chi connectivity index (χ0n) is 16.8. The Kier molecular flexibility index (Phi) is 6.35. The van der Waals surface area contributed by atoms with Gasteiger partial charge in [-0.2, -0.15) is 0 Å². The molecule has 0 saturated carbocycles. The molecule has 5 atom stereocenters. The first-order valence-corrected chi connectivity index (χ1v) is 10.8. The molecule has 0 radical (unpaired) electrons. The molecule has 5 unspecified atom stereocenters. The molecule has 6 heteroatoms. The summed E-state index contributed by atoms with van der Waals surface area (Å²) in [4.78, 5) is 10.1. The van der Waals surface area contributed by atoms with Crippen LogP contribution in [-0.2, 0) is 4.74 Å². The van der Waals surface area contributed by atoms with Gasteiger partial charge in [0, 0.05) is 56.8 Å². The fourth-order valence-corrected chi connectivity index (χ4v) is 5.63. The smallest absolute Gasteiger partial charge is 0.193 e. The van der Waals surface area contributed by atoms with Gasteiger partial charge in [-0.15, -0.1) is 24.0 Å². The second kappa shape index (κ2) is 8.78. The van der Waals surface area contributed by atoms with Crippen LogP contribution in [0.2, 0.25) is 0 Å².